The molecule has 0 aliphatic carbocycles. The van der Waals surface area contributed by atoms with E-state index in [1.165, 1.54) is 6.92 Å². The molecule has 2 aromatic rings. The molecule has 0 aliphatic heterocycles. The third kappa shape index (κ3) is 5.65. The quantitative estimate of drug-likeness (QED) is 0.277. The predicted molar refractivity (Wildman–Crippen MR) is 106 cm³/mol. The summed E-state index contributed by atoms with van der Waals surface area (Å²) in [4.78, 5) is 10.3. The van der Waals surface area contributed by atoms with Crippen LogP contribution in [0.2, 0.25) is 10.0 Å². The maximum atomic E-state index is 10.4. The molecule has 2 rings (SSSR count). The molecule has 8 heteroatoms. The molecule has 6 nitrogen and oxygen atoms in total. The summed E-state index contributed by atoms with van der Waals surface area (Å²) in [6.45, 7) is 3.04. The van der Waals surface area contributed by atoms with Crippen molar-refractivity contribution in [2.45, 2.75) is 50.5 Å². The molecule has 0 amide bonds. The molecular weight excluding hydrogens is 407 g/mol. The van der Waals surface area contributed by atoms with Crippen molar-refractivity contribution in [3.8, 4) is 0 Å². The van der Waals surface area contributed by atoms with Crippen LogP contribution in [-0.2, 0) is 9.78 Å². The Labute approximate surface area is 173 Å². The second kappa shape index (κ2) is 10.5. The lowest BCUT2D eigenvalue weighted by Crippen LogP contribution is -2.35. The third-order valence-electron chi connectivity index (χ3n) is 4.49. The smallest absolute Gasteiger partial charge is 0.198 e. The summed E-state index contributed by atoms with van der Waals surface area (Å²) in [5.74, 6) is -1.80. The van der Waals surface area contributed by atoms with Gasteiger partial charge in [-0.1, -0.05) is 59.6 Å². The number of rotatable bonds is 9. The lowest BCUT2D eigenvalue weighted by atomic mass is 9.93. The van der Waals surface area contributed by atoms with Crippen LogP contribution in [0.25, 0.3) is 0 Å². The van der Waals surface area contributed by atoms with Crippen LogP contribution in [-0.4, -0.2) is 45.2 Å². The van der Waals surface area contributed by atoms with E-state index in [4.69, 9.17) is 33.0 Å². The van der Waals surface area contributed by atoms with Crippen LogP contribution < -0.4 is 0 Å². The van der Waals surface area contributed by atoms with Crippen LogP contribution in [0, 0.1) is 0 Å². The van der Waals surface area contributed by atoms with Crippen molar-refractivity contribution >= 4 is 23.2 Å². The lowest BCUT2D eigenvalue weighted by Gasteiger charge is -2.29. The summed E-state index contributed by atoms with van der Waals surface area (Å²) in [7, 11) is 0. The minimum absolute atomic E-state index is 0.342. The van der Waals surface area contributed by atoms with Crippen molar-refractivity contribution in [1.29, 1.82) is 0 Å². The summed E-state index contributed by atoms with van der Waals surface area (Å²) in [6.07, 6.45) is -5.19. The second-order valence-electron chi connectivity index (χ2n) is 6.54. The van der Waals surface area contributed by atoms with Crippen molar-refractivity contribution in [3.63, 3.8) is 0 Å². The van der Waals surface area contributed by atoms with Crippen LogP contribution in [0.4, 0.5) is 0 Å². The molecule has 28 heavy (non-hydrogen) atoms. The highest BCUT2D eigenvalue weighted by atomic mass is 35.5. The topological polar surface area (TPSA) is 99.4 Å². The van der Waals surface area contributed by atoms with Crippen molar-refractivity contribution < 1.29 is 30.2 Å². The van der Waals surface area contributed by atoms with Crippen molar-refractivity contribution in [3.05, 3.63) is 69.7 Å². The van der Waals surface area contributed by atoms with Crippen LogP contribution in [0.15, 0.2) is 48.5 Å². The molecule has 4 N–H and O–H groups in total. The van der Waals surface area contributed by atoms with E-state index in [0.29, 0.717) is 21.2 Å². The molecule has 0 heterocycles. The minimum Gasteiger partial charge on any atom is -0.393 e. The number of hydrogen-bond acceptors (Lipinski definition) is 6. The van der Waals surface area contributed by atoms with Gasteiger partial charge in [0, 0.05) is 10.0 Å². The fraction of sp³-hybridized carbons (Fsp3) is 0.400. The number of aliphatic hydroxyl groups excluding tert-OH is 3. The van der Waals surface area contributed by atoms with Gasteiger partial charge < -0.3 is 20.4 Å². The average molecular weight is 431 g/mol. The number of benzene rings is 2. The minimum atomic E-state index is -1.77. The Balaban J connectivity index is 2.13. The highest BCUT2D eigenvalue weighted by Gasteiger charge is 2.33. The molecule has 0 radical (unpaired) electrons. The van der Waals surface area contributed by atoms with Gasteiger partial charge in [0.05, 0.1) is 17.9 Å². The van der Waals surface area contributed by atoms with Crippen LogP contribution in [0.5, 0.6) is 0 Å². The Hall–Kier alpha value is -1.22. The van der Waals surface area contributed by atoms with E-state index in [-0.39, 0.29) is 0 Å². The summed E-state index contributed by atoms with van der Waals surface area (Å²) in [6, 6.07) is 13.4. The molecule has 0 bridgehead atoms. The van der Waals surface area contributed by atoms with Gasteiger partial charge >= 0.3 is 0 Å². The standard InChI is InChI=1S/C20H24Cl2O6/c1-11(23)17(13-7-3-5-9-15(13)21)20(26)28-27-12(2)18(19(24)25)14-8-4-6-10-16(14)22/h3-12,17-20,23-26H,1-2H3/t11-,12+,17-,18+,20?/m0/s1. The van der Waals surface area contributed by atoms with Crippen LogP contribution in [0.1, 0.15) is 36.8 Å². The summed E-state index contributed by atoms with van der Waals surface area (Å²) < 4.78 is 0. The largest absolute Gasteiger partial charge is 0.393 e. The van der Waals surface area contributed by atoms with E-state index in [0.717, 1.165) is 0 Å². The summed E-state index contributed by atoms with van der Waals surface area (Å²) in [5, 5.41) is 40.8. The molecule has 0 aromatic heterocycles. The van der Waals surface area contributed by atoms with Gasteiger partial charge in [-0.15, -0.1) is 0 Å². The van der Waals surface area contributed by atoms with Crippen LogP contribution in [0.3, 0.4) is 0 Å². The fourth-order valence-corrected chi connectivity index (χ4v) is 3.59. The van der Waals surface area contributed by atoms with E-state index in [9.17, 15) is 20.4 Å². The maximum absolute atomic E-state index is 10.4. The Morgan fingerprint density at radius 1 is 0.714 bits per heavy atom. The molecule has 154 valence electrons. The number of aliphatic hydroxyl groups is 4. The monoisotopic (exact) mass is 430 g/mol. The molecule has 2 aromatic carbocycles. The highest BCUT2D eigenvalue weighted by molar-refractivity contribution is 6.31. The van der Waals surface area contributed by atoms with Gasteiger partial charge in [0.2, 0.25) is 0 Å². The predicted octanol–water partition coefficient (Wildman–Crippen LogP) is 3.21. The van der Waals surface area contributed by atoms with Gasteiger partial charge in [-0.25, -0.2) is 9.78 Å². The third-order valence-corrected chi connectivity index (χ3v) is 5.18. The molecule has 0 saturated heterocycles. The van der Waals surface area contributed by atoms with Gasteiger partial charge in [0.1, 0.15) is 6.10 Å². The van der Waals surface area contributed by atoms with E-state index in [1.807, 2.05) is 0 Å². The molecule has 5 atom stereocenters. The molecule has 0 aliphatic rings. The first-order valence-corrected chi connectivity index (χ1v) is 9.52. The highest BCUT2D eigenvalue weighted by Crippen LogP contribution is 2.33. The first-order chi connectivity index (χ1) is 13.2. The van der Waals surface area contributed by atoms with Gasteiger partial charge in [-0.3, -0.25) is 0 Å². The SMILES string of the molecule is C[C@H](O)[C@@H](c1ccccc1Cl)C(O)OO[C@H](C)[C@H](c1ccccc1Cl)C(O)O. The molecular formula is C20H24Cl2O6. The zero-order valence-electron chi connectivity index (χ0n) is 15.4. The van der Waals surface area contributed by atoms with Gasteiger partial charge in [0.15, 0.2) is 12.6 Å². The van der Waals surface area contributed by atoms with Crippen molar-refractivity contribution in [2.24, 2.45) is 0 Å². The van der Waals surface area contributed by atoms with Crippen molar-refractivity contribution in [1.82, 2.24) is 0 Å². The molecule has 1 unspecified atom stereocenters. The Bertz CT molecular complexity index is 691. The second-order valence-corrected chi connectivity index (χ2v) is 7.35. The van der Waals surface area contributed by atoms with Gasteiger partial charge in [0.25, 0.3) is 0 Å². The lowest BCUT2D eigenvalue weighted by molar-refractivity contribution is -0.402. The first kappa shape index (κ1) is 23.1. The van der Waals surface area contributed by atoms with E-state index >= 15 is 0 Å². The zero-order chi connectivity index (χ0) is 20.8. The normalized spacial score (nSPS) is 17.2. The van der Waals surface area contributed by atoms with Gasteiger partial charge in [-0.05, 0) is 37.1 Å². The fourth-order valence-electron chi connectivity index (χ4n) is 3.06. The van der Waals surface area contributed by atoms with Crippen LogP contribution >= 0.6 is 23.2 Å². The summed E-state index contributed by atoms with van der Waals surface area (Å²) >= 11 is 12.3. The molecule has 0 fully saturated rings. The molecule has 0 spiro atoms. The number of halogens is 2. The average Bonchev–Trinajstić information content (AvgIpc) is 2.63. The first-order valence-electron chi connectivity index (χ1n) is 8.77. The van der Waals surface area contributed by atoms with E-state index in [2.05, 4.69) is 0 Å². The Morgan fingerprint density at radius 2 is 1.18 bits per heavy atom. The Morgan fingerprint density at radius 3 is 1.61 bits per heavy atom. The maximum Gasteiger partial charge on any atom is 0.198 e. The summed E-state index contributed by atoms with van der Waals surface area (Å²) in [5.41, 5.74) is 0.954. The zero-order valence-corrected chi connectivity index (χ0v) is 17.0. The van der Waals surface area contributed by atoms with E-state index < -0.39 is 36.6 Å². The van der Waals surface area contributed by atoms with Gasteiger partial charge in [-0.2, -0.15) is 0 Å². The Kier molecular flexibility index (Phi) is 8.67. The van der Waals surface area contributed by atoms with Crippen molar-refractivity contribution in [2.75, 3.05) is 0 Å². The molecule has 0 saturated carbocycles. The number of hydrogen-bond donors (Lipinski definition) is 4. The van der Waals surface area contributed by atoms with E-state index in [1.54, 1.807) is 55.5 Å².